The van der Waals surface area contributed by atoms with Crippen LogP contribution in [-0.2, 0) is 46.0 Å². The molecule has 2 heterocycles. The number of hydrogen-bond donors (Lipinski definition) is 0. The molecule has 7 rings (SSSR count). The van der Waals surface area contributed by atoms with E-state index in [0.29, 0.717) is 35.8 Å². The van der Waals surface area contributed by atoms with Gasteiger partial charge in [-0.15, -0.1) is 0 Å². The lowest BCUT2D eigenvalue weighted by Crippen LogP contribution is -2.36. The number of hydrogen-bond acceptors (Lipinski definition) is 10. The van der Waals surface area contributed by atoms with E-state index < -0.39 is 31.6 Å². The predicted molar refractivity (Wildman–Crippen MR) is 181 cm³/mol. The fourth-order valence-corrected chi connectivity index (χ4v) is 9.74. The van der Waals surface area contributed by atoms with Gasteiger partial charge in [0.05, 0.1) is 38.2 Å². The maximum absolute atomic E-state index is 13.9. The molecule has 4 aromatic carbocycles. The summed E-state index contributed by atoms with van der Waals surface area (Å²) >= 11 is 0. The third kappa shape index (κ3) is 5.43. The van der Waals surface area contributed by atoms with Crippen molar-refractivity contribution in [3.05, 3.63) is 105 Å². The molecule has 4 aromatic rings. The van der Waals surface area contributed by atoms with Crippen LogP contribution >= 0.6 is 0 Å². The van der Waals surface area contributed by atoms with Crippen LogP contribution in [0, 0.1) is 0 Å². The molecule has 0 saturated heterocycles. The van der Waals surface area contributed by atoms with Crippen LogP contribution in [-0.4, -0.2) is 78.5 Å². The molecule has 0 atom stereocenters. The molecule has 0 amide bonds. The lowest BCUT2D eigenvalue weighted by atomic mass is 9.84. The molecule has 0 N–H and O–H groups in total. The van der Waals surface area contributed by atoms with Crippen molar-refractivity contribution in [2.75, 3.05) is 41.5 Å². The zero-order valence-corrected chi connectivity index (χ0v) is 29.4. The number of carbonyl (C=O) groups is 2. The molecule has 0 unspecified atom stereocenters. The molecule has 14 heteroatoms. The van der Waals surface area contributed by atoms with Crippen LogP contribution < -0.4 is 18.9 Å². The van der Waals surface area contributed by atoms with Crippen molar-refractivity contribution in [2.45, 2.75) is 35.7 Å². The Morgan fingerprint density at radius 2 is 0.820 bits per heavy atom. The first-order chi connectivity index (χ1) is 23.9. The number of fused-ring (bicyclic) bond motifs is 4. The molecule has 0 fully saturated rings. The number of carbonyl (C=O) groups excluding carboxylic acids is 2. The monoisotopic (exact) mass is 718 g/mol. The molecule has 260 valence electrons. The number of ether oxygens (including phenoxy) is 4. The lowest BCUT2D eigenvalue weighted by Gasteiger charge is -2.29. The highest BCUT2D eigenvalue weighted by atomic mass is 32.2. The summed E-state index contributed by atoms with van der Waals surface area (Å²) in [7, 11) is -2.10. The number of sulfonamides is 2. The molecular weight excluding hydrogens is 685 g/mol. The molecule has 0 radical (unpaired) electrons. The molecule has 0 aromatic heterocycles. The second-order valence-corrected chi connectivity index (χ2v) is 16.1. The molecule has 0 spiro atoms. The van der Waals surface area contributed by atoms with Gasteiger partial charge in [-0.2, -0.15) is 8.61 Å². The topological polar surface area (TPSA) is 146 Å². The maximum Gasteiger partial charge on any atom is 0.243 e. The summed E-state index contributed by atoms with van der Waals surface area (Å²) in [5.74, 6) is 0.942. The molecule has 1 aliphatic carbocycles. The second kappa shape index (κ2) is 12.5. The van der Waals surface area contributed by atoms with Crippen LogP contribution in [0.25, 0.3) is 0 Å². The number of benzene rings is 4. The predicted octanol–water partition coefficient (Wildman–Crippen LogP) is 3.99. The lowest BCUT2D eigenvalue weighted by molar-refractivity contribution is 0.0978. The highest BCUT2D eigenvalue weighted by Gasteiger charge is 2.36. The standard InChI is InChI=1S/C36H34N2O10S2/c1-45-31-13-21-9-11-37(19-23(21)15-33(31)47-3)49(41,42)25-5-7-27-29(17-25)36(40)30-18-26(6-8-28(30)35(27)39)50(43,44)38-12-10-22-14-32(46-2)34(48-4)16-24(22)20-38/h5-8,13-18H,9-12,19-20H2,1-4H3. The Morgan fingerprint density at radius 1 is 0.480 bits per heavy atom. The fraction of sp³-hybridized carbons (Fsp3) is 0.278. The maximum atomic E-state index is 13.9. The number of ketones is 2. The first-order valence-corrected chi connectivity index (χ1v) is 18.6. The third-order valence-corrected chi connectivity index (χ3v) is 13.3. The Balaban J connectivity index is 1.18. The minimum atomic E-state index is -4.09. The Kier molecular flexibility index (Phi) is 8.45. The van der Waals surface area contributed by atoms with E-state index in [2.05, 4.69) is 0 Å². The van der Waals surface area contributed by atoms with E-state index in [0.717, 1.165) is 22.3 Å². The van der Waals surface area contributed by atoms with Gasteiger partial charge >= 0.3 is 0 Å². The van der Waals surface area contributed by atoms with E-state index in [1.165, 1.54) is 73.4 Å². The van der Waals surface area contributed by atoms with Crippen molar-refractivity contribution < 1.29 is 45.4 Å². The van der Waals surface area contributed by atoms with Gasteiger partial charge < -0.3 is 18.9 Å². The van der Waals surface area contributed by atoms with Crippen molar-refractivity contribution in [1.29, 1.82) is 0 Å². The highest BCUT2D eigenvalue weighted by molar-refractivity contribution is 7.89. The highest BCUT2D eigenvalue weighted by Crippen LogP contribution is 2.38. The van der Waals surface area contributed by atoms with Gasteiger partial charge in [0.25, 0.3) is 0 Å². The molecule has 12 nitrogen and oxygen atoms in total. The van der Waals surface area contributed by atoms with Gasteiger partial charge in [-0.25, -0.2) is 16.8 Å². The summed E-state index contributed by atoms with van der Waals surface area (Å²) in [5, 5.41) is 0. The number of nitrogens with zero attached hydrogens (tertiary/aromatic N) is 2. The Bertz CT molecular complexity index is 2160. The smallest absolute Gasteiger partial charge is 0.243 e. The van der Waals surface area contributed by atoms with Crippen molar-refractivity contribution in [2.24, 2.45) is 0 Å². The van der Waals surface area contributed by atoms with Crippen LogP contribution in [0.15, 0.2) is 70.5 Å². The molecule has 2 aliphatic heterocycles. The van der Waals surface area contributed by atoms with Crippen molar-refractivity contribution in [3.63, 3.8) is 0 Å². The fourth-order valence-electron chi connectivity index (χ4n) is 6.85. The van der Waals surface area contributed by atoms with E-state index in [4.69, 9.17) is 18.9 Å². The molecule has 0 bridgehead atoms. The zero-order chi connectivity index (χ0) is 35.5. The van der Waals surface area contributed by atoms with Gasteiger partial charge in [0.15, 0.2) is 34.6 Å². The van der Waals surface area contributed by atoms with Crippen LogP contribution in [0.5, 0.6) is 23.0 Å². The van der Waals surface area contributed by atoms with E-state index in [9.17, 15) is 26.4 Å². The largest absolute Gasteiger partial charge is 0.493 e. The summed E-state index contributed by atoms with van der Waals surface area (Å²) in [4.78, 5) is 27.2. The van der Waals surface area contributed by atoms with Crippen LogP contribution in [0.3, 0.4) is 0 Å². The van der Waals surface area contributed by atoms with Gasteiger partial charge in [0, 0.05) is 48.4 Å². The summed E-state index contributed by atoms with van der Waals surface area (Å²) in [6.45, 7) is 0.543. The average Bonchev–Trinajstić information content (AvgIpc) is 3.14. The third-order valence-electron chi connectivity index (χ3n) is 9.60. The molecular formula is C36H34N2O10S2. The van der Waals surface area contributed by atoms with Gasteiger partial charge in [0.2, 0.25) is 20.0 Å². The minimum absolute atomic E-state index is 0.0508. The number of methoxy groups -OCH3 is 4. The zero-order valence-electron chi connectivity index (χ0n) is 27.8. The summed E-state index contributed by atoms with van der Waals surface area (Å²) in [5.41, 5.74) is 3.31. The van der Waals surface area contributed by atoms with Crippen molar-refractivity contribution >= 4 is 31.6 Å². The summed E-state index contributed by atoms with van der Waals surface area (Å²) in [6.07, 6.45) is 0.873. The van der Waals surface area contributed by atoms with Gasteiger partial charge in [-0.1, -0.05) is 0 Å². The van der Waals surface area contributed by atoms with E-state index in [1.54, 1.807) is 12.1 Å². The van der Waals surface area contributed by atoms with Gasteiger partial charge in [-0.3, -0.25) is 9.59 Å². The Labute approximate surface area is 290 Å². The summed E-state index contributed by atoms with van der Waals surface area (Å²) in [6, 6.07) is 14.9. The number of rotatable bonds is 8. The first-order valence-electron chi connectivity index (χ1n) is 15.8. The average molecular weight is 719 g/mol. The van der Waals surface area contributed by atoms with Crippen molar-refractivity contribution in [1.82, 2.24) is 8.61 Å². The van der Waals surface area contributed by atoms with E-state index >= 15 is 0 Å². The van der Waals surface area contributed by atoms with Crippen LogP contribution in [0.2, 0.25) is 0 Å². The van der Waals surface area contributed by atoms with E-state index in [1.807, 2.05) is 12.1 Å². The van der Waals surface area contributed by atoms with Gasteiger partial charge in [0.1, 0.15) is 0 Å². The van der Waals surface area contributed by atoms with Crippen LogP contribution in [0.1, 0.15) is 54.1 Å². The van der Waals surface area contributed by atoms with Crippen molar-refractivity contribution in [3.8, 4) is 23.0 Å². The SMILES string of the molecule is COc1cc2c(cc1OC)CN(S(=O)(=O)c1ccc3c(c1)C(=O)c1cc(S(=O)(=O)N4CCc5cc(OC)c(OC)cc5C4)ccc1C3=O)CC2. The first kappa shape index (κ1) is 33.7. The minimum Gasteiger partial charge on any atom is -0.493 e. The molecule has 3 aliphatic rings. The molecule has 50 heavy (non-hydrogen) atoms. The van der Waals surface area contributed by atoms with E-state index in [-0.39, 0.29) is 58.2 Å². The summed E-state index contributed by atoms with van der Waals surface area (Å²) < 4.78 is 79.8. The normalized spacial score (nSPS) is 16.2. The molecule has 0 saturated carbocycles. The Morgan fingerprint density at radius 3 is 1.18 bits per heavy atom. The second-order valence-electron chi connectivity index (χ2n) is 12.2. The quantitative estimate of drug-likeness (QED) is 0.231. The Hall–Kier alpha value is -4.76. The van der Waals surface area contributed by atoms with Crippen LogP contribution in [0.4, 0.5) is 0 Å². The van der Waals surface area contributed by atoms with Gasteiger partial charge in [-0.05, 0) is 95.8 Å².